The van der Waals surface area contributed by atoms with E-state index in [2.05, 4.69) is 72.9 Å². The maximum Gasteiger partial charge on any atom is 0.0405 e. The lowest BCUT2D eigenvalue weighted by atomic mass is 9.92. The second kappa shape index (κ2) is 10.5. The summed E-state index contributed by atoms with van der Waals surface area (Å²) in [6.45, 7) is 14.1. The molecule has 0 N–H and O–H groups in total. The maximum atomic E-state index is 4.14. The molecule has 1 unspecified atom stereocenters. The summed E-state index contributed by atoms with van der Waals surface area (Å²) >= 11 is 0. The minimum absolute atomic E-state index is 0.590. The highest BCUT2D eigenvalue weighted by Gasteiger charge is 2.37. The van der Waals surface area contributed by atoms with Crippen molar-refractivity contribution in [1.29, 1.82) is 0 Å². The van der Waals surface area contributed by atoms with Crippen molar-refractivity contribution in [3.63, 3.8) is 0 Å². The molecule has 0 saturated heterocycles. The molecule has 2 aromatic rings. The zero-order chi connectivity index (χ0) is 19.8. The normalized spacial score (nSPS) is 18.3. The number of rotatable bonds is 7. The topological polar surface area (TPSA) is 19.4 Å². The van der Waals surface area contributed by atoms with Crippen molar-refractivity contribution in [2.75, 3.05) is 31.6 Å². The van der Waals surface area contributed by atoms with Crippen molar-refractivity contribution in [1.82, 2.24) is 9.88 Å². The number of hydrogen-bond acceptors (Lipinski definition) is 3. The first-order valence-electron chi connectivity index (χ1n) is 10.6. The highest BCUT2D eigenvalue weighted by molar-refractivity contribution is 5.63. The molecule has 2 heterocycles. The van der Waals surface area contributed by atoms with E-state index in [4.69, 9.17) is 0 Å². The van der Waals surface area contributed by atoms with Gasteiger partial charge >= 0.3 is 0 Å². The van der Waals surface area contributed by atoms with Gasteiger partial charge in [-0.3, -0.25) is 4.98 Å². The average molecular weight is 368 g/mol. The Morgan fingerprint density at radius 2 is 1.78 bits per heavy atom. The Hall–Kier alpha value is -1.87. The van der Waals surface area contributed by atoms with Gasteiger partial charge in [0.05, 0.1) is 0 Å². The van der Waals surface area contributed by atoms with Gasteiger partial charge in [0.1, 0.15) is 0 Å². The molecule has 27 heavy (non-hydrogen) atoms. The van der Waals surface area contributed by atoms with Crippen LogP contribution in [0.1, 0.15) is 56.7 Å². The van der Waals surface area contributed by atoms with Crippen LogP contribution < -0.4 is 4.90 Å². The largest absolute Gasteiger partial charge is 0.367 e. The minimum atomic E-state index is 0.590. The summed E-state index contributed by atoms with van der Waals surface area (Å²) in [7, 11) is 2.24. The number of fused-ring (bicyclic) bond motifs is 1. The minimum Gasteiger partial charge on any atom is -0.367 e. The van der Waals surface area contributed by atoms with E-state index in [0.717, 1.165) is 26.1 Å². The monoisotopic (exact) mass is 367 g/mol. The molecule has 148 valence electrons. The summed E-state index contributed by atoms with van der Waals surface area (Å²) in [6, 6.07) is 11.9. The molecule has 0 fully saturated rings. The number of anilines is 1. The molecule has 1 aliphatic rings. The van der Waals surface area contributed by atoms with E-state index in [1.807, 2.05) is 26.2 Å². The van der Waals surface area contributed by atoms with Gasteiger partial charge in [-0.05, 0) is 62.7 Å². The fraction of sp³-hybridized carbons (Fsp3) is 0.542. The molecule has 1 aromatic carbocycles. The zero-order valence-corrected chi connectivity index (χ0v) is 18.1. The number of hydrogen-bond donors (Lipinski definition) is 0. The lowest BCUT2D eigenvalue weighted by Gasteiger charge is -2.31. The van der Waals surface area contributed by atoms with E-state index in [-0.39, 0.29) is 0 Å². The number of nitrogens with zero attached hydrogens (tertiary/aromatic N) is 3. The number of aromatic nitrogens is 1. The van der Waals surface area contributed by atoms with Crippen LogP contribution in [0.25, 0.3) is 0 Å². The summed E-state index contributed by atoms with van der Waals surface area (Å²) in [4.78, 5) is 9.24. The van der Waals surface area contributed by atoms with E-state index in [0.29, 0.717) is 12.0 Å². The summed E-state index contributed by atoms with van der Waals surface area (Å²) < 4.78 is 0. The van der Waals surface area contributed by atoms with Crippen molar-refractivity contribution < 1.29 is 0 Å². The molecule has 0 radical (unpaired) electrons. The van der Waals surface area contributed by atoms with Crippen LogP contribution in [0.15, 0.2) is 42.7 Å². The quantitative estimate of drug-likeness (QED) is 0.662. The third-order valence-electron chi connectivity index (χ3n) is 5.61. The molecular formula is C24H37N3. The lowest BCUT2D eigenvalue weighted by molar-refractivity contribution is 0.307. The van der Waals surface area contributed by atoms with Crippen LogP contribution in [0, 0.1) is 6.92 Å². The predicted molar refractivity (Wildman–Crippen MR) is 118 cm³/mol. The van der Waals surface area contributed by atoms with E-state index in [1.54, 1.807) is 5.56 Å². The second-order valence-electron chi connectivity index (χ2n) is 7.30. The Balaban J connectivity index is 0.00000126. The van der Waals surface area contributed by atoms with Crippen LogP contribution in [-0.2, 0) is 6.42 Å². The molecule has 3 rings (SSSR count). The first kappa shape index (κ1) is 21.4. The van der Waals surface area contributed by atoms with Gasteiger partial charge in [0.2, 0.25) is 0 Å². The van der Waals surface area contributed by atoms with Gasteiger partial charge in [0.15, 0.2) is 0 Å². The molecule has 0 amide bonds. The Morgan fingerprint density at radius 3 is 2.41 bits per heavy atom. The molecule has 1 aromatic heterocycles. The van der Waals surface area contributed by atoms with E-state index < -0.39 is 0 Å². The molecule has 0 aliphatic carbocycles. The molecule has 0 bridgehead atoms. The summed E-state index contributed by atoms with van der Waals surface area (Å²) in [6.07, 6.45) is 6.05. The Bertz CT molecular complexity index is 683. The number of aryl methyl sites for hydroxylation is 1. The molecular weight excluding hydrogens is 330 g/mol. The van der Waals surface area contributed by atoms with Crippen LogP contribution in [-0.4, -0.2) is 42.6 Å². The van der Waals surface area contributed by atoms with Crippen molar-refractivity contribution in [2.24, 2.45) is 0 Å². The van der Waals surface area contributed by atoms with Crippen LogP contribution in [0.4, 0.5) is 5.69 Å². The van der Waals surface area contributed by atoms with Crippen LogP contribution in [0.2, 0.25) is 0 Å². The van der Waals surface area contributed by atoms with Crippen LogP contribution in [0.5, 0.6) is 0 Å². The summed E-state index contributed by atoms with van der Waals surface area (Å²) in [5, 5.41) is 0. The first-order valence-corrected chi connectivity index (χ1v) is 10.6. The van der Waals surface area contributed by atoms with Gasteiger partial charge in [0.25, 0.3) is 0 Å². The van der Waals surface area contributed by atoms with Crippen molar-refractivity contribution in [2.45, 2.75) is 59.4 Å². The summed E-state index contributed by atoms with van der Waals surface area (Å²) in [5.41, 5.74) is 5.73. The molecule has 3 heteroatoms. The molecule has 0 saturated carbocycles. The van der Waals surface area contributed by atoms with Crippen molar-refractivity contribution >= 4 is 5.69 Å². The van der Waals surface area contributed by atoms with E-state index in [9.17, 15) is 0 Å². The fourth-order valence-electron chi connectivity index (χ4n) is 4.11. The number of pyridine rings is 1. The van der Waals surface area contributed by atoms with Gasteiger partial charge in [0, 0.05) is 43.1 Å². The molecule has 3 nitrogen and oxygen atoms in total. The summed E-state index contributed by atoms with van der Waals surface area (Å²) in [5.74, 6) is 0.599. The Kier molecular flexibility index (Phi) is 8.30. The van der Waals surface area contributed by atoms with E-state index in [1.165, 1.54) is 23.2 Å². The standard InChI is InChI=1S/C22H31N3.C2H6/c1-5-21-20(16-24(4)6-2)19-15-17(3)7-8-22(19)25(21)14-11-18-9-12-23-13-10-18;1-2/h7-10,12-13,15,20-21H,5-6,11,14,16H2,1-4H3;1-2H3/t20-,21?;/m0./s1. The highest BCUT2D eigenvalue weighted by atomic mass is 15.2. The Morgan fingerprint density at radius 1 is 1.07 bits per heavy atom. The van der Waals surface area contributed by atoms with Gasteiger partial charge in [-0.15, -0.1) is 0 Å². The van der Waals surface area contributed by atoms with Gasteiger partial charge < -0.3 is 9.80 Å². The average Bonchev–Trinajstić information content (AvgIpc) is 3.00. The SMILES string of the molecule is CC.CCC1[C@@H](CN(C)CC)c2cc(C)ccc2N1CCc1ccncc1. The number of benzene rings is 1. The predicted octanol–water partition coefficient (Wildman–Crippen LogP) is 5.29. The van der Waals surface area contributed by atoms with Gasteiger partial charge in [-0.2, -0.15) is 0 Å². The maximum absolute atomic E-state index is 4.14. The lowest BCUT2D eigenvalue weighted by Crippen LogP contribution is -2.38. The molecule has 2 atom stereocenters. The van der Waals surface area contributed by atoms with Gasteiger partial charge in [-0.25, -0.2) is 0 Å². The second-order valence-corrected chi connectivity index (χ2v) is 7.30. The first-order chi connectivity index (χ1) is 13.1. The van der Waals surface area contributed by atoms with Crippen molar-refractivity contribution in [3.8, 4) is 0 Å². The smallest absolute Gasteiger partial charge is 0.0405 e. The molecule has 0 spiro atoms. The highest BCUT2D eigenvalue weighted by Crippen LogP contribution is 2.43. The Labute approximate surface area is 166 Å². The van der Waals surface area contributed by atoms with Gasteiger partial charge in [-0.1, -0.05) is 45.4 Å². The molecule has 1 aliphatic heterocycles. The third kappa shape index (κ3) is 5.10. The fourth-order valence-corrected chi connectivity index (χ4v) is 4.11. The third-order valence-corrected chi connectivity index (χ3v) is 5.61. The number of likely N-dealkylation sites (N-methyl/N-ethyl adjacent to an activating group) is 1. The van der Waals surface area contributed by atoms with Crippen LogP contribution in [0.3, 0.4) is 0 Å². The van der Waals surface area contributed by atoms with Crippen LogP contribution >= 0.6 is 0 Å². The zero-order valence-electron chi connectivity index (χ0n) is 18.1. The van der Waals surface area contributed by atoms with Crippen molar-refractivity contribution in [3.05, 3.63) is 59.4 Å². The van der Waals surface area contributed by atoms with E-state index >= 15 is 0 Å².